The van der Waals surface area contributed by atoms with Crippen LogP contribution in [-0.4, -0.2) is 0 Å². The second-order valence-corrected chi connectivity index (χ2v) is 11.5. The van der Waals surface area contributed by atoms with E-state index in [2.05, 4.69) is 120 Å². The largest absolute Gasteiger partial charge is 0.455 e. The highest BCUT2D eigenvalue weighted by atomic mass is 16.5. The molecule has 4 aromatic carbocycles. The normalized spacial score (nSPS) is 12.5. The first-order valence-electron chi connectivity index (χ1n) is 13.5. The Labute approximate surface area is 220 Å². The highest BCUT2D eigenvalue weighted by Crippen LogP contribution is 2.52. The van der Waals surface area contributed by atoms with Crippen molar-refractivity contribution in [1.82, 2.24) is 0 Å². The van der Waals surface area contributed by atoms with Gasteiger partial charge in [-0.3, -0.25) is 0 Å². The van der Waals surface area contributed by atoms with E-state index in [0.717, 1.165) is 17.9 Å². The zero-order chi connectivity index (χ0) is 26.0. The molecule has 0 spiro atoms. The SMILES string of the molecule is Cc1ccc2c(C)c3c(c(CC(C)C)c2c1)Oc1cc(-c2ccc(C(C)C)cc2)cc2cc[n+](C)c-3c12. The molecule has 0 N–H and O–H groups in total. The maximum Gasteiger partial charge on any atom is 0.228 e. The fourth-order valence-electron chi connectivity index (χ4n) is 6.01. The second-order valence-electron chi connectivity index (χ2n) is 11.5. The molecule has 0 saturated heterocycles. The van der Waals surface area contributed by atoms with Crippen molar-refractivity contribution in [1.29, 1.82) is 0 Å². The number of ether oxygens (including phenoxy) is 1. The van der Waals surface area contributed by atoms with Gasteiger partial charge in [-0.25, -0.2) is 4.57 Å². The van der Waals surface area contributed by atoms with Crippen LogP contribution in [0.15, 0.2) is 66.9 Å². The molecule has 0 aliphatic carbocycles. The predicted octanol–water partition coefficient (Wildman–Crippen LogP) is 9.20. The van der Waals surface area contributed by atoms with Crippen molar-refractivity contribution < 1.29 is 9.30 Å². The van der Waals surface area contributed by atoms with Gasteiger partial charge in [0.2, 0.25) is 5.69 Å². The molecule has 0 bridgehead atoms. The zero-order valence-electron chi connectivity index (χ0n) is 23.1. The van der Waals surface area contributed by atoms with E-state index in [4.69, 9.17) is 4.74 Å². The van der Waals surface area contributed by atoms with Crippen LogP contribution < -0.4 is 9.30 Å². The molecule has 0 fully saturated rings. The van der Waals surface area contributed by atoms with Crippen molar-refractivity contribution in [2.45, 2.75) is 53.9 Å². The van der Waals surface area contributed by atoms with Crippen LogP contribution in [0.4, 0.5) is 0 Å². The lowest BCUT2D eigenvalue weighted by Crippen LogP contribution is -2.32. The lowest BCUT2D eigenvalue weighted by Gasteiger charge is -2.26. The van der Waals surface area contributed by atoms with Crippen LogP contribution in [0, 0.1) is 19.8 Å². The minimum absolute atomic E-state index is 0.523. The molecule has 0 unspecified atom stereocenters. The van der Waals surface area contributed by atoms with E-state index in [0.29, 0.717) is 11.8 Å². The first-order valence-corrected chi connectivity index (χ1v) is 13.5. The molecule has 1 aliphatic rings. The van der Waals surface area contributed by atoms with Gasteiger partial charge in [0.25, 0.3) is 0 Å². The molecule has 2 heteroatoms. The van der Waals surface area contributed by atoms with E-state index < -0.39 is 0 Å². The number of hydrogen-bond acceptors (Lipinski definition) is 1. The summed E-state index contributed by atoms with van der Waals surface area (Å²) in [6.07, 6.45) is 3.18. The Hall–Kier alpha value is -3.65. The van der Waals surface area contributed by atoms with Crippen LogP contribution >= 0.6 is 0 Å². The number of nitrogens with zero attached hydrogens (tertiary/aromatic N) is 1. The van der Waals surface area contributed by atoms with Gasteiger partial charge in [0, 0.05) is 11.6 Å². The summed E-state index contributed by atoms with van der Waals surface area (Å²) in [5.74, 6) is 3.04. The molecular weight excluding hydrogens is 450 g/mol. The van der Waals surface area contributed by atoms with Crippen molar-refractivity contribution in [3.8, 4) is 33.9 Å². The van der Waals surface area contributed by atoms with Crippen LogP contribution in [0.5, 0.6) is 11.5 Å². The third-order valence-corrected chi connectivity index (χ3v) is 7.95. The Morgan fingerprint density at radius 1 is 0.811 bits per heavy atom. The number of rotatable bonds is 4. The lowest BCUT2D eigenvalue weighted by molar-refractivity contribution is -0.659. The van der Waals surface area contributed by atoms with E-state index in [1.54, 1.807) is 0 Å². The van der Waals surface area contributed by atoms with Crippen molar-refractivity contribution >= 4 is 21.5 Å². The molecule has 2 nitrogen and oxygen atoms in total. The number of pyridine rings is 1. The zero-order valence-corrected chi connectivity index (χ0v) is 23.1. The summed E-state index contributed by atoms with van der Waals surface area (Å²) >= 11 is 0. The number of benzene rings is 4. The summed E-state index contributed by atoms with van der Waals surface area (Å²) in [5.41, 5.74) is 10.2. The van der Waals surface area contributed by atoms with Crippen molar-refractivity contribution in [2.24, 2.45) is 13.0 Å². The highest BCUT2D eigenvalue weighted by molar-refractivity contribution is 6.07. The van der Waals surface area contributed by atoms with Gasteiger partial charge in [0.05, 0.1) is 10.9 Å². The smallest absolute Gasteiger partial charge is 0.228 e. The molecule has 1 aliphatic heterocycles. The molecule has 0 amide bonds. The van der Waals surface area contributed by atoms with E-state index in [1.165, 1.54) is 66.2 Å². The fraction of sp³-hybridized carbons (Fsp3) is 0.286. The number of fused-ring (bicyclic) bond motifs is 3. The van der Waals surface area contributed by atoms with Crippen LogP contribution in [-0.2, 0) is 13.5 Å². The lowest BCUT2D eigenvalue weighted by atomic mass is 9.85. The van der Waals surface area contributed by atoms with Crippen LogP contribution in [0.25, 0.3) is 43.9 Å². The quantitative estimate of drug-likeness (QED) is 0.226. The molecule has 0 saturated carbocycles. The summed E-state index contributed by atoms with van der Waals surface area (Å²) < 4.78 is 9.25. The summed E-state index contributed by atoms with van der Waals surface area (Å²) in [7, 11) is 2.16. The number of aromatic nitrogens is 1. The van der Waals surface area contributed by atoms with Gasteiger partial charge in [-0.15, -0.1) is 0 Å². The van der Waals surface area contributed by atoms with Gasteiger partial charge in [0.1, 0.15) is 18.5 Å². The number of hydrogen-bond donors (Lipinski definition) is 0. The molecule has 6 rings (SSSR count). The third-order valence-electron chi connectivity index (χ3n) is 7.95. The third kappa shape index (κ3) is 3.82. The Morgan fingerprint density at radius 3 is 2.27 bits per heavy atom. The topological polar surface area (TPSA) is 13.1 Å². The molecule has 5 aromatic rings. The standard InChI is InChI=1S/C35H36NO/c1-20(2)16-30-29-17-22(5)8-13-28(29)23(6)32-34-33-26(14-15-36(34)7)18-27(19-31(33)37-35(30)32)25-11-9-24(10-12-25)21(3)4/h8-15,17-21H,16H2,1-7H3/q+1. The summed E-state index contributed by atoms with van der Waals surface area (Å²) in [5, 5.41) is 5.06. The minimum atomic E-state index is 0.523. The van der Waals surface area contributed by atoms with Gasteiger partial charge in [-0.1, -0.05) is 75.7 Å². The molecule has 0 atom stereocenters. The molecular formula is C35H36NO+. The maximum absolute atomic E-state index is 6.98. The second kappa shape index (κ2) is 8.73. The van der Waals surface area contributed by atoms with Crippen molar-refractivity contribution in [3.05, 3.63) is 89.1 Å². The van der Waals surface area contributed by atoms with Gasteiger partial charge in [0.15, 0.2) is 6.20 Å². The monoisotopic (exact) mass is 486 g/mol. The molecule has 0 radical (unpaired) electrons. The van der Waals surface area contributed by atoms with Crippen molar-refractivity contribution in [2.75, 3.05) is 0 Å². The summed E-state index contributed by atoms with van der Waals surface area (Å²) in [4.78, 5) is 0. The first kappa shape index (κ1) is 23.7. The Balaban J connectivity index is 1.66. The number of aryl methyl sites for hydroxylation is 3. The van der Waals surface area contributed by atoms with Crippen LogP contribution in [0.2, 0.25) is 0 Å². The summed E-state index contributed by atoms with van der Waals surface area (Å²) in [6, 6.07) is 22.6. The van der Waals surface area contributed by atoms with E-state index >= 15 is 0 Å². The van der Waals surface area contributed by atoms with E-state index in [-0.39, 0.29) is 0 Å². The highest BCUT2D eigenvalue weighted by Gasteiger charge is 2.33. The predicted molar refractivity (Wildman–Crippen MR) is 156 cm³/mol. The Bertz CT molecular complexity index is 1690. The maximum atomic E-state index is 6.98. The fourth-order valence-corrected chi connectivity index (χ4v) is 6.01. The Kier molecular flexibility index (Phi) is 5.60. The summed E-state index contributed by atoms with van der Waals surface area (Å²) in [6.45, 7) is 13.5. The van der Waals surface area contributed by atoms with E-state index in [1.807, 2.05) is 0 Å². The minimum Gasteiger partial charge on any atom is -0.455 e. The molecule has 1 aromatic heterocycles. The molecule has 37 heavy (non-hydrogen) atoms. The first-order chi connectivity index (χ1) is 17.7. The van der Waals surface area contributed by atoms with E-state index in [9.17, 15) is 0 Å². The molecule has 2 heterocycles. The Morgan fingerprint density at radius 2 is 1.57 bits per heavy atom. The average molecular weight is 487 g/mol. The van der Waals surface area contributed by atoms with Crippen LogP contribution in [0.3, 0.4) is 0 Å². The van der Waals surface area contributed by atoms with Gasteiger partial charge in [-0.05, 0) is 82.6 Å². The van der Waals surface area contributed by atoms with Crippen LogP contribution in [0.1, 0.15) is 55.9 Å². The van der Waals surface area contributed by atoms with Gasteiger partial charge < -0.3 is 4.74 Å². The van der Waals surface area contributed by atoms with Gasteiger partial charge >= 0.3 is 0 Å². The van der Waals surface area contributed by atoms with Crippen molar-refractivity contribution in [3.63, 3.8) is 0 Å². The average Bonchev–Trinajstić information content (AvgIpc) is 2.87. The van der Waals surface area contributed by atoms with Gasteiger partial charge in [-0.2, -0.15) is 0 Å². The molecule has 186 valence electrons.